The molecule has 6 heteroatoms. The van der Waals surface area contributed by atoms with Crippen LogP contribution in [-0.4, -0.2) is 39.5 Å². The van der Waals surface area contributed by atoms with Crippen molar-refractivity contribution >= 4 is 21.4 Å². The average Bonchev–Trinajstić information content (AvgIpc) is 2.92. The molecule has 2 fully saturated rings. The lowest BCUT2D eigenvalue weighted by Crippen LogP contribution is -2.55. The maximum Gasteiger partial charge on any atom is 0.252 e. The van der Waals surface area contributed by atoms with Gasteiger partial charge in [-0.2, -0.15) is 4.31 Å². The summed E-state index contributed by atoms with van der Waals surface area (Å²) in [5, 5.41) is 0. The van der Waals surface area contributed by atoms with Crippen molar-refractivity contribution in [2.75, 3.05) is 26.8 Å². The molecule has 3 rings (SSSR count). The molecular weight excluding hydrogens is 306 g/mol. The molecular formula is C15H23NO3S2. The van der Waals surface area contributed by atoms with Crippen LogP contribution in [0.4, 0.5) is 0 Å². The SMILES string of the molecule is COC[C@@]12CN(S(=O)(=O)c3ccc(C)s3)C[C@@H]1C(C)(C)C2. The Morgan fingerprint density at radius 2 is 2.14 bits per heavy atom. The monoisotopic (exact) mass is 329 g/mol. The predicted molar refractivity (Wildman–Crippen MR) is 84.0 cm³/mol. The van der Waals surface area contributed by atoms with E-state index in [1.165, 1.54) is 11.3 Å². The molecule has 1 aromatic heterocycles. The Bertz CT molecular complexity index is 650. The molecule has 1 aromatic rings. The molecule has 1 saturated heterocycles. The number of rotatable bonds is 4. The van der Waals surface area contributed by atoms with Gasteiger partial charge < -0.3 is 4.74 Å². The number of methoxy groups -OCH3 is 1. The molecule has 2 aliphatic rings. The minimum absolute atomic E-state index is 0.0115. The zero-order chi connectivity index (χ0) is 15.5. The summed E-state index contributed by atoms with van der Waals surface area (Å²) in [6, 6.07) is 3.60. The second kappa shape index (κ2) is 4.78. The molecule has 21 heavy (non-hydrogen) atoms. The molecule has 0 bridgehead atoms. The highest BCUT2D eigenvalue weighted by atomic mass is 32.2. The average molecular weight is 329 g/mol. The van der Waals surface area contributed by atoms with Gasteiger partial charge in [0.05, 0.1) is 6.61 Å². The van der Waals surface area contributed by atoms with E-state index in [4.69, 9.17) is 4.74 Å². The van der Waals surface area contributed by atoms with Crippen LogP contribution in [0.5, 0.6) is 0 Å². The van der Waals surface area contributed by atoms with E-state index >= 15 is 0 Å². The van der Waals surface area contributed by atoms with Crippen LogP contribution in [-0.2, 0) is 14.8 Å². The second-order valence-corrected chi connectivity index (χ2v) is 10.6. The predicted octanol–water partition coefficient (Wildman–Crippen LogP) is 2.74. The van der Waals surface area contributed by atoms with E-state index in [9.17, 15) is 8.42 Å². The largest absolute Gasteiger partial charge is 0.384 e. The zero-order valence-electron chi connectivity index (χ0n) is 13.0. The lowest BCUT2D eigenvalue weighted by molar-refractivity contribution is -0.106. The number of hydrogen-bond donors (Lipinski definition) is 0. The molecule has 4 nitrogen and oxygen atoms in total. The summed E-state index contributed by atoms with van der Waals surface area (Å²) >= 11 is 1.36. The first-order valence-corrected chi connectivity index (χ1v) is 9.52. The van der Waals surface area contributed by atoms with Crippen molar-refractivity contribution in [3.8, 4) is 0 Å². The molecule has 0 aromatic carbocycles. The third-order valence-corrected chi connectivity index (χ3v) is 8.39. The van der Waals surface area contributed by atoms with Crippen LogP contribution in [0.1, 0.15) is 25.1 Å². The standard InChI is InChI=1S/C15H23NO3S2/c1-11-5-6-13(20-11)21(17,18)16-7-12-14(2,3)8-15(12,9-16)10-19-4/h5-6,12H,7-10H2,1-4H3/t12-,15-/m1/s1. The van der Waals surface area contributed by atoms with Crippen LogP contribution >= 0.6 is 11.3 Å². The highest BCUT2D eigenvalue weighted by Gasteiger charge is 2.64. The fraction of sp³-hybridized carbons (Fsp3) is 0.733. The van der Waals surface area contributed by atoms with E-state index in [1.807, 2.05) is 13.0 Å². The Kier molecular flexibility index (Phi) is 3.52. The first-order chi connectivity index (χ1) is 9.71. The minimum atomic E-state index is -3.35. The lowest BCUT2D eigenvalue weighted by atomic mass is 9.48. The van der Waals surface area contributed by atoms with Crippen molar-refractivity contribution in [3.63, 3.8) is 0 Å². The van der Waals surface area contributed by atoms with Gasteiger partial charge in [-0.15, -0.1) is 11.3 Å². The molecule has 1 aliphatic heterocycles. The van der Waals surface area contributed by atoms with Gasteiger partial charge in [0, 0.05) is 30.5 Å². The molecule has 0 unspecified atom stereocenters. The third kappa shape index (κ3) is 2.27. The van der Waals surface area contributed by atoms with Gasteiger partial charge in [0.1, 0.15) is 4.21 Å². The van der Waals surface area contributed by atoms with Crippen LogP contribution in [0.25, 0.3) is 0 Å². The van der Waals surface area contributed by atoms with E-state index < -0.39 is 10.0 Å². The Morgan fingerprint density at radius 1 is 1.43 bits per heavy atom. The number of ether oxygens (including phenoxy) is 1. The van der Waals surface area contributed by atoms with Crippen molar-refractivity contribution < 1.29 is 13.2 Å². The lowest BCUT2D eigenvalue weighted by Gasteiger charge is -2.56. The van der Waals surface area contributed by atoms with Crippen molar-refractivity contribution in [3.05, 3.63) is 17.0 Å². The van der Waals surface area contributed by atoms with Crippen LogP contribution in [0.2, 0.25) is 0 Å². The van der Waals surface area contributed by atoms with E-state index in [2.05, 4.69) is 13.8 Å². The Morgan fingerprint density at radius 3 is 2.67 bits per heavy atom. The van der Waals surface area contributed by atoms with Crippen molar-refractivity contribution in [2.45, 2.75) is 31.4 Å². The van der Waals surface area contributed by atoms with Crippen molar-refractivity contribution in [2.24, 2.45) is 16.7 Å². The van der Waals surface area contributed by atoms with Gasteiger partial charge in [0.15, 0.2) is 0 Å². The van der Waals surface area contributed by atoms with Gasteiger partial charge in [0.25, 0.3) is 10.0 Å². The molecule has 1 aliphatic carbocycles. The van der Waals surface area contributed by atoms with Gasteiger partial charge in [-0.25, -0.2) is 8.42 Å². The van der Waals surface area contributed by atoms with Crippen LogP contribution < -0.4 is 0 Å². The van der Waals surface area contributed by atoms with Crippen molar-refractivity contribution in [1.82, 2.24) is 4.31 Å². The number of aryl methyl sites for hydroxylation is 1. The second-order valence-electron chi connectivity index (χ2n) is 7.18. The fourth-order valence-corrected chi connectivity index (χ4v) is 7.41. The van der Waals surface area contributed by atoms with Gasteiger partial charge in [-0.1, -0.05) is 13.8 Å². The molecule has 0 radical (unpaired) electrons. The smallest absolute Gasteiger partial charge is 0.252 e. The Hall–Kier alpha value is -0.430. The Balaban J connectivity index is 1.89. The minimum Gasteiger partial charge on any atom is -0.384 e. The van der Waals surface area contributed by atoms with Crippen LogP contribution in [0.3, 0.4) is 0 Å². The summed E-state index contributed by atoms with van der Waals surface area (Å²) in [7, 11) is -1.65. The van der Waals surface area contributed by atoms with Crippen LogP contribution in [0.15, 0.2) is 16.3 Å². The number of thiophene rings is 1. The Labute approximate surface area is 131 Å². The first-order valence-electron chi connectivity index (χ1n) is 7.27. The summed E-state index contributed by atoms with van der Waals surface area (Å²) < 4.78 is 33.2. The number of sulfonamides is 1. The first kappa shape index (κ1) is 15.5. The summed E-state index contributed by atoms with van der Waals surface area (Å²) in [5.41, 5.74) is 0.214. The zero-order valence-corrected chi connectivity index (χ0v) is 14.7. The normalized spacial score (nSPS) is 31.9. The van der Waals surface area contributed by atoms with Crippen LogP contribution in [0, 0.1) is 23.7 Å². The summed E-state index contributed by atoms with van der Waals surface area (Å²) in [4.78, 5) is 1.03. The van der Waals surface area contributed by atoms with E-state index in [-0.39, 0.29) is 10.8 Å². The number of hydrogen-bond acceptors (Lipinski definition) is 4. The topological polar surface area (TPSA) is 46.6 Å². The van der Waals surface area contributed by atoms with Gasteiger partial charge in [-0.3, -0.25) is 0 Å². The van der Waals surface area contributed by atoms with E-state index in [0.717, 1.165) is 11.3 Å². The molecule has 0 spiro atoms. The number of fused-ring (bicyclic) bond motifs is 1. The van der Waals surface area contributed by atoms with Gasteiger partial charge >= 0.3 is 0 Å². The molecule has 118 valence electrons. The third-order valence-electron chi connectivity index (χ3n) is 5.11. The molecule has 0 N–H and O–H groups in total. The molecule has 2 heterocycles. The summed E-state index contributed by atoms with van der Waals surface area (Å²) in [6.45, 7) is 8.27. The van der Waals surface area contributed by atoms with Gasteiger partial charge in [0.2, 0.25) is 0 Å². The maximum atomic E-state index is 12.8. The quantitative estimate of drug-likeness (QED) is 0.853. The van der Waals surface area contributed by atoms with E-state index in [0.29, 0.717) is 29.8 Å². The summed E-state index contributed by atoms with van der Waals surface area (Å²) in [6.07, 6.45) is 1.04. The van der Waals surface area contributed by atoms with Gasteiger partial charge in [-0.05, 0) is 36.8 Å². The molecule has 2 atom stereocenters. The molecule has 1 saturated carbocycles. The molecule has 0 amide bonds. The summed E-state index contributed by atoms with van der Waals surface area (Å²) in [5.74, 6) is 0.390. The van der Waals surface area contributed by atoms with E-state index in [1.54, 1.807) is 17.5 Å². The van der Waals surface area contributed by atoms with Crippen molar-refractivity contribution in [1.29, 1.82) is 0 Å². The number of nitrogens with zero attached hydrogens (tertiary/aromatic N) is 1. The maximum absolute atomic E-state index is 12.8. The highest BCUT2D eigenvalue weighted by Crippen LogP contribution is 2.63. The fourth-order valence-electron chi connectivity index (χ4n) is 4.42. The highest BCUT2D eigenvalue weighted by molar-refractivity contribution is 7.91.